The minimum Gasteiger partial charge on any atom is -0.0845 e. The van der Waals surface area contributed by atoms with Crippen LogP contribution in [0.25, 0.3) is 0 Å². The normalized spacial score (nSPS) is 11.4. The molecule has 0 atom stereocenters. The van der Waals surface area contributed by atoms with Gasteiger partial charge in [-0.05, 0) is 32.1 Å². The zero-order chi connectivity index (χ0) is 27.2. The summed E-state index contributed by atoms with van der Waals surface area (Å²) in [5.41, 5.74) is 0. The molecule has 214 valence electrons. The molecule has 0 aliphatic carbocycles. The average Bonchev–Trinajstić information content (AvgIpc) is 2.89. The highest BCUT2D eigenvalue weighted by molar-refractivity contribution is 5.02. The maximum atomic E-state index is 2.31. The van der Waals surface area contributed by atoms with Gasteiger partial charge in [0.15, 0.2) is 0 Å². The van der Waals surface area contributed by atoms with E-state index < -0.39 is 0 Å². The van der Waals surface area contributed by atoms with Crippen LogP contribution in [0.4, 0.5) is 0 Å². The maximum Gasteiger partial charge on any atom is -0.0348 e. The first-order valence-electron chi connectivity index (χ1n) is 16.4. The zero-order valence-electron chi connectivity index (χ0n) is 26.2. The first kappa shape index (κ1) is 39.5. The summed E-state index contributed by atoms with van der Waals surface area (Å²) < 4.78 is 0. The van der Waals surface area contributed by atoms with Gasteiger partial charge in [-0.15, -0.1) is 0 Å². The van der Waals surface area contributed by atoms with Crippen LogP contribution in [0.1, 0.15) is 183 Å². The zero-order valence-corrected chi connectivity index (χ0v) is 26.2. The van der Waals surface area contributed by atoms with Crippen LogP contribution in [-0.2, 0) is 0 Å². The molecule has 0 aliphatic heterocycles. The lowest BCUT2D eigenvalue weighted by atomic mass is 10.1. The SMILES string of the molecule is CCCC/C=C\C=C\CCCC.CCCC/C=C\C=C\CCCCCCCCC.CCCCCCC. The summed E-state index contributed by atoms with van der Waals surface area (Å²) in [5.74, 6) is 0. The summed E-state index contributed by atoms with van der Waals surface area (Å²) in [6, 6.07) is 0. The Balaban J connectivity index is -0.000000497. The molecule has 0 rings (SSSR count). The molecule has 0 nitrogen and oxygen atoms in total. The Labute approximate surface area is 231 Å². The van der Waals surface area contributed by atoms with E-state index in [0.717, 1.165) is 0 Å². The van der Waals surface area contributed by atoms with Crippen molar-refractivity contribution in [3.63, 3.8) is 0 Å². The molecule has 0 aromatic heterocycles. The topological polar surface area (TPSA) is 0 Å². The third-order valence-corrected chi connectivity index (χ3v) is 6.12. The molecule has 36 heavy (non-hydrogen) atoms. The van der Waals surface area contributed by atoms with Crippen LogP contribution in [-0.4, -0.2) is 0 Å². The number of unbranched alkanes of at least 4 members (excludes halogenated alkanes) is 17. The highest BCUT2D eigenvalue weighted by Gasteiger charge is 1.89. The molecule has 0 radical (unpaired) electrons. The Bertz CT molecular complexity index is 417. The second kappa shape index (κ2) is 44.0. The summed E-state index contributed by atoms with van der Waals surface area (Å²) in [6.07, 6.45) is 47.5. The Hall–Kier alpha value is -1.04. The fraction of sp³-hybridized carbons (Fsp3) is 0.778. The van der Waals surface area contributed by atoms with Crippen LogP contribution in [0.5, 0.6) is 0 Å². The molecule has 0 amide bonds. The lowest BCUT2D eigenvalue weighted by molar-refractivity contribution is 0.592. The van der Waals surface area contributed by atoms with Gasteiger partial charge in [0.2, 0.25) is 0 Å². The fourth-order valence-corrected chi connectivity index (χ4v) is 3.56. The largest absolute Gasteiger partial charge is 0.0845 e. The van der Waals surface area contributed by atoms with Crippen molar-refractivity contribution >= 4 is 0 Å². The van der Waals surface area contributed by atoms with E-state index in [1.807, 2.05) is 0 Å². The predicted octanol–water partition coefficient (Wildman–Crippen LogP) is 13.9. The van der Waals surface area contributed by atoms with Gasteiger partial charge in [-0.3, -0.25) is 0 Å². The molecule has 0 bridgehead atoms. The van der Waals surface area contributed by atoms with E-state index in [2.05, 4.69) is 90.2 Å². The van der Waals surface area contributed by atoms with Crippen molar-refractivity contribution in [1.29, 1.82) is 0 Å². The molecule has 0 unspecified atom stereocenters. The minimum atomic E-state index is 1.23. The number of hydrogen-bond acceptors (Lipinski definition) is 0. The van der Waals surface area contributed by atoms with Gasteiger partial charge in [-0.25, -0.2) is 0 Å². The van der Waals surface area contributed by atoms with E-state index in [9.17, 15) is 0 Å². The van der Waals surface area contributed by atoms with Gasteiger partial charge in [0.1, 0.15) is 0 Å². The molecule has 0 saturated heterocycles. The van der Waals surface area contributed by atoms with E-state index in [4.69, 9.17) is 0 Å². The van der Waals surface area contributed by atoms with Crippen molar-refractivity contribution in [3.8, 4) is 0 Å². The van der Waals surface area contributed by atoms with Crippen LogP contribution in [0.3, 0.4) is 0 Å². The first-order chi connectivity index (χ1) is 17.7. The van der Waals surface area contributed by atoms with Gasteiger partial charge in [0.05, 0.1) is 0 Å². The average molecular weight is 503 g/mol. The summed E-state index contributed by atoms with van der Waals surface area (Å²) in [4.78, 5) is 0. The second-order valence-electron chi connectivity index (χ2n) is 10.1. The molecule has 0 aliphatic rings. The maximum absolute atomic E-state index is 2.31. The van der Waals surface area contributed by atoms with Crippen molar-refractivity contribution in [2.24, 2.45) is 0 Å². The molecule has 0 heteroatoms. The van der Waals surface area contributed by atoms with Crippen molar-refractivity contribution in [3.05, 3.63) is 48.6 Å². The van der Waals surface area contributed by atoms with E-state index in [-0.39, 0.29) is 0 Å². The Morgan fingerprint density at radius 2 is 0.472 bits per heavy atom. The molecule has 0 N–H and O–H groups in total. The predicted molar refractivity (Wildman–Crippen MR) is 172 cm³/mol. The van der Waals surface area contributed by atoms with Crippen LogP contribution < -0.4 is 0 Å². The third-order valence-electron chi connectivity index (χ3n) is 6.12. The van der Waals surface area contributed by atoms with Crippen molar-refractivity contribution in [2.75, 3.05) is 0 Å². The number of allylic oxidation sites excluding steroid dienone is 8. The van der Waals surface area contributed by atoms with Gasteiger partial charge >= 0.3 is 0 Å². The molecule has 0 saturated carbocycles. The lowest BCUT2D eigenvalue weighted by Gasteiger charge is -1.98. The van der Waals surface area contributed by atoms with Gasteiger partial charge in [-0.2, -0.15) is 0 Å². The highest BCUT2D eigenvalue weighted by atomic mass is 13.9. The molecule has 0 fully saturated rings. The highest BCUT2D eigenvalue weighted by Crippen LogP contribution is 2.08. The molecule has 0 aromatic carbocycles. The van der Waals surface area contributed by atoms with E-state index in [1.165, 1.54) is 141 Å². The second-order valence-corrected chi connectivity index (χ2v) is 10.1. The van der Waals surface area contributed by atoms with Crippen molar-refractivity contribution < 1.29 is 0 Å². The van der Waals surface area contributed by atoms with Crippen LogP contribution in [0.2, 0.25) is 0 Å². The van der Waals surface area contributed by atoms with Gasteiger partial charge in [0.25, 0.3) is 0 Å². The first-order valence-corrected chi connectivity index (χ1v) is 16.4. The molecule has 0 aromatic rings. The smallest absolute Gasteiger partial charge is 0.0348 e. The monoisotopic (exact) mass is 503 g/mol. The quantitative estimate of drug-likeness (QED) is 0.0962. The number of hydrogen-bond donors (Lipinski definition) is 0. The van der Waals surface area contributed by atoms with E-state index in [1.54, 1.807) is 0 Å². The van der Waals surface area contributed by atoms with Crippen LogP contribution in [0.15, 0.2) is 48.6 Å². The van der Waals surface area contributed by atoms with Crippen LogP contribution >= 0.6 is 0 Å². The van der Waals surface area contributed by atoms with Gasteiger partial charge in [-0.1, -0.05) is 199 Å². The van der Waals surface area contributed by atoms with Crippen LogP contribution in [0, 0.1) is 0 Å². The van der Waals surface area contributed by atoms with E-state index in [0.29, 0.717) is 0 Å². The summed E-state index contributed by atoms with van der Waals surface area (Å²) in [5, 5.41) is 0. The fourth-order valence-electron chi connectivity index (χ4n) is 3.56. The summed E-state index contributed by atoms with van der Waals surface area (Å²) in [6.45, 7) is 13.5. The lowest BCUT2D eigenvalue weighted by Crippen LogP contribution is -1.78. The number of rotatable bonds is 23. The van der Waals surface area contributed by atoms with Gasteiger partial charge < -0.3 is 0 Å². The van der Waals surface area contributed by atoms with Gasteiger partial charge in [0, 0.05) is 0 Å². The molecule has 0 spiro atoms. The molecular formula is C36H70. The molecular weight excluding hydrogens is 432 g/mol. The minimum absolute atomic E-state index is 1.23. The Kier molecular flexibility index (Phi) is 48.2. The third kappa shape index (κ3) is 50.0. The summed E-state index contributed by atoms with van der Waals surface area (Å²) in [7, 11) is 0. The Morgan fingerprint density at radius 1 is 0.250 bits per heavy atom. The Morgan fingerprint density at radius 3 is 0.778 bits per heavy atom. The standard InChI is InChI=1S/C17H32.C12H22.C7H16/c1-3-5-7-9-11-13-15-17-16-14-12-10-8-6-4-2;1-3-5-7-9-11-12-10-8-6-4-2;1-3-5-7-6-4-2/h9,11,13,15H,3-8,10,12,14,16-17H2,1-2H3;9-12H,3-8H2,1-2H3;3-7H2,1-2H3/b11-9-,15-13+;11-9-,12-10+;. The van der Waals surface area contributed by atoms with Crippen molar-refractivity contribution in [2.45, 2.75) is 183 Å². The van der Waals surface area contributed by atoms with Crippen molar-refractivity contribution in [1.82, 2.24) is 0 Å². The van der Waals surface area contributed by atoms with E-state index >= 15 is 0 Å². The summed E-state index contributed by atoms with van der Waals surface area (Å²) >= 11 is 0. The molecule has 0 heterocycles.